The first-order chi connectivity index (χ1) is 10.6. The van der Waals surface area contributed by atoms with E-state index in [0.717, 1.165) is 24.8 Å². The Morgan fingerprint density at radius 3 is 2.77 bits per heavy atom. The van der Waals surface area contributed by atoms with Gasteiger partial charge in [-0.15, -0.1) is 0 Å². The third-order valence-corrected chi connectivity index (χ3v) is 4.93. The molecule has 0 aromatic heterocycles. The van der Waals surface area contributed by atoms with Crippen molar-refractivity contribution < 1.29 is 19.4 Å². The molecule has 1 aromatic rings. The summed E-state index contributed by atoms with van der Waals surface area (Å²) in [4.78, 5) is 25.3. The molecule has 2 fully saturated rings. The van der Waals surface area contributed by atoms with Crippen LogP contribution in [-0.4, -0.2) is 35.2 Å². The summed E-state index contributed by atoms with van der Waals surface area (Å²) in [5.74, 6) is -0.413. The lowest BCUT2D eigenvalue weighted by molar-refractivity contribution is -0.144. The average molecular weight is 303 g/mol. The van der Waals surface area contributed by atoms with Crippen LogP contribution in [0.4, 0.5) is 4.79 Å². The fourth-order valence-electron chi connectivity index (χ4n) is 3.40. The summed E-state index contributed by atoms with van der Waals surface area (Å²) in [5, 5.41) is 9.40. The van der Waals surface area contributed by atoms with Crippen LogP contribution >= 0.6 is 0 Å². The standard InChI is InChI=1S/C17H21NO4/c19-15(20)17-8-10-18(9-4-7-14(17)11-17)16(21)22-12-13-5-2-1-3-6-13/h1-3,5-6,14H,4,7-12H2,(H,19,20). The lowest BCUT2D eigenvalue weighted by atomic mass is 9.95. The second-order valence-corrected chi connectivity index (χ2v) is 6.28. The highest BCUT2D eigenvalue weighted by molar-refractivity contribution is 5.78. The first kappa shape index (κ1) is 14.9. The maximum Gasteiger partial charge on any atom is 0.410 e. The highest BCUT2D eigenvalue weighted by Crippen LogP contribution is 2.58. The first-order valence-electron chi connectivity index (χ1n) is 7.81. The molecule has 0 spiro atoms. The Morgan fingerprint density at radius 1 is 1.27 bits per heavy atom. The molecule has 118 valence electrons. The van der Waals surface area contributed by atoms with Crippen molar-refractivity contribution in [3.05, 3.63) is 35.9 Å². The van der Waals surface area contributed by atoms with Gasteiger partial charge in [-0.05, 0) is 37.2 Å². The molecule has 5 nitrogen and oxygen atoms in total. The molecule has 1 aromatic carbocycles. The van der Waals surface area contributed by atoms with Crippen molar-refractivity contribution in [1.29, 1.82) is 0 Å². The summed E-state index contributed by atoms with van der Waals surface area (Å²) in [6.07, 6.45) is 2.68. The Bertz CT molecular complexity index is 559. The second-order valence-electron chi connectivity index (χ2n) is 6.28. The minimum atomic E-state index is -0.711. The maximum atomic E-state index is 12.2. The number of rotatable bonds is 3. The van der Waals surface area contributed by atoms with Crippen LogP contribution in [0.2, 0.25) is 0 Å². The molecule has 1 aliphatic heterocycles. The Hall–Kier alpha value is -2.04. The molecule has 1 heterocycles. The highest BCUT2D eigenvalue weighted by atomic mass is 16.6. The minimum absolute atomic E-state index is 0.253. The number of carbonyl (C=O) groups excluding carboxylic acids is 1. The van der Waals surface area contributed by atoms with Gasteiger partial charge in [0.2, 0.25) is 0 Å². The van der Waals surface area contributed by atoms with Crippen molar-refractivity contribution in [1.82, 2.24) is 4.90 Å². The van der Waals surface area contributed by atoms with Gasteiger partial charge in [-0.25, -0.2) is 4.79 Å². The lowest BCUT2D eigenvalue weighted by Crippen LogP contribution is -2.37. The number of carboxylic acids is 1. The van der Waals surface area contributed by atoms with Gasteiger partial charge in [-0.2, -0.15) is 0 Å². The van der Waals surface area contributed by atoms with Crippen molar-refractivity contribution in [2.75, 3.05) is 13.1 Å². The molecular formula is C17H21NO4. The van der Waals surface area contributed by atoms with Gasteiger partial charge in [0.05, 0.1) is 5.41 Å². The zero-order valence-electron chi connectivity index (χ0n) is 12.5. The van der Waals surface area contributed by atoms with Crippen LogP contribution < -0.4 is 0 Å². The van der Waals surface area contributed by atoms with E-state index in [1.165, 1.54) is 0 Å². The normalized spacial score (nSPS) is 27.3. The molecule has 1 saturated carbocycles. The smallest absolute Gasteiger partial charge is 0.410 e. The number of benzene rings is 1. The Labute approximate surface area is 129 Å². The van der Waals surface area contributed by atoms with Crippen LogP contribution in [0.25, 0.3) is 0 Å². The average Bonchev–Trinajstić information content (AvgIpc) is 3.20. The van der Waals surface area contributed by atoms with Gasteiger partial charge in [0.15, 0.2) is 0 Å². The number of hydrogen-bond donors (Lipinski definition) is 1. The van der Waals surface area contributed by atoms with E-state index in [-0.39, 0.29) is 12.7 Å². The van der Waals surface area contributed by atoms with Gasteiger partial charge in [-0.1, -0.05) is 30.3 Å². The van der Waals surface area contributed by atoms with Crippen LogP contribution in [-0.2, 0) is 16.1 Å². The first-order valence-corrected chi connectivity index (χ1v) is 7.81. The van der Waals surface area contributed by atoms with Gasteiger partial charge in [-0.3, -0.25) is 4.79 Å². The van der Waals surface area contributed by atoms with Crippen molar-refractivity contribution in [2.45, 2.75) is 32.3 Å². The van der Waals surface area contributed by atoms with Crippen molar-refractivity contribution in [3.8, 4) is 0 Å². The number of carboxylic acid groups (broad SMARTS) is 1. The summed E-state index contributed by atoms with van der Waals surface area (Å²) in [7, 11) is 0. The molecule has 22 heavy (non-hydrogen) atoms. The van der Waals surface area contributed by atoms with Crippen LogP contribution in [0.5, 0.6) is 0 Å². The Morgan fingerprint density at radius 2 is 2.05 bits per heavy atom. The SMILES string of the molecule is O=C(OCc1ccccc1)N1CCCC2CC2(C(=O)O)CC1. The fourth-order valence-corrected chi connectivity index (χ4v) is 3.40. The fraction of sp³-hybridized carbons (Fsp3) is 0.529. The summed E-state index contributed by atoms with van der Waals surface area (Å²) in [6.45, 7) is 1.37. The van der Waals surface area contributed by atoms with E-state index in [0.29, 0.717) is 25.4 Å². The van der Waals surface area contributed by atoms with Crippen LogP contribution in [0.3, 0.4) is 0 Å². The minimum Gasteiger partial charge on any atom is -0.481 e. The largest absolute Gasteiger partial charge is 0.481 e. The molecule has 3 rings (SSSR count). The quantitative estimate of drug-likeness (QED) is 0.932. The van der Waals surface area contributed by atoms with Crippen molar-refractivity contribution in [2.24, 2.45) is 11.3 Å². The van der Waals surface area contributed by atoms with E-state index < -0.39 is 11.4 Å². The van der Waals surface area contributed by atoms with Crippen LogP contribution in [0.15, 0.2) is 30.3 Å². The van der Waals surface area contributed by atoms with Gasteiger partial charge in [0, 0.05) is 13.1 Å². The number of amides is 1. The Kier molecular flexibility index (Phi) is 4.05. The second kappa shape index (κ2) is 5.99. The van der Waals surface area contributed by atoms with E-state index in [4.69, 9.17) is 4.74 Å². The third kappa shape index (κ3) is 2.93. The molecule has 1 aliphatic carbocycles. The summed E-state index contributed by atoms with van der Waals surface area (Å²) in [5.41, 5.74) is 0.366. The molecule has 2 unspecified atom stereocenters. The lowest BCUT2D eigenvalue weighted by Gasteiger charge is -2.26. The topological polar surface area (TPSA) is 66.8 Å². The monoisotopic (exact) mass is 303 g/mol. The van der Waals surface area contributed by atoms with E-state index in [2.05, 4.69) is 0 Å². The van der Waals surface area contributed by atoms with E-state index in [1.807, 2.05) is 30.3 Å². The van der Waals surface area contributed by atoms with Gasteiger partial charge < -0.3 is 14.7 Å². The zero-order valence-corrected chi connectivity index (χ0v) is 12.5. The van der Waals surface area contributed by atoms with Gasteiger partial charge >= 0.3 is 12.1 Å². The van der Waals surface area contributed by atoms with Crippen molar-refractivity contribution in [3.63, 3.8) is 0 Å². The molecule has 1 saturated heterocycles. The van der Waals surface area contributed by atoms with Gasteiger partial charge in [0.1, 0.15) is 6.61 Å². The van der Waals surface area contributed by atoms with Gasteiger partial charge in [0.25, 0.3) is 0 Å². The molecule has 1 N–H and O–H groups in total. The number of aliphatic carboxylic acids is 1. The van der Waals surface area contributed by atoms with E-state index in [9.17, 15) is 14.7 Å². The summed E-state index contributed by atoms with van der Waals surface area (Å²) in [6, 6.07) is 9.55. The van der Waals surface area contributed by atoms with Crippen LogP contribution in [0, 0.1) is 11.3 Å². The molecule has 0 radical (unpaired) electrons. The summed E-state index contributed by atoms with van der Waals surface area (Å²) < 4.78 is 5.35. The molecule has 1 amide bonds. The van der Waals surface area contributed by atoms with Crippen molar-refractivity contribution >= 4 is 12.1 Å². The number of fused-ring (bicyclic) bond motifs is 1. The highest BCUT2D eigenvalue weighted by Gasteiger charge is 2.59. The molecule has 2 aliphatic rings. The predicted molar refractivity (Wildman–Crippen MR) is 80.2 cm³/mol. The molecule has 5 heteroatoms. The number of carbonyl (C=O) groups is 2. The van der Waals surface area contributed by atoms with Crippen LogP contribution in [0.1, 0.15) is 31.2 Å². The van der Waals surface area contributed by atoms with E-state index in [1.54, 1.807) is 4.90 Å². The zero-order chi connectivity index (χ0) is 15.6. The van der Waals surface area contributed by atoms with E-state index >= 15 is 0 Å². The molecule has 0 bridgehead atoms. The predicted octanol–water partition coefficient (Wildman–Crippen LogP) is 2.90. The number of hydrogen-bond acceptors (Lipinski definition) is 3. The third-order valence-electron chi connectivity index (χ3n) is 4.93. The number of ether oxygens (including phenoxy) is 1. The number of likely N-dealkylation sites (tertiary alicyclic amines) is 1. The summed E-state index contributed by atoms with van der Waals surface area (Å²) >= 11 is 0. The Balaban J connectivity index is 1.55. The number of nitrogens with zero attached hydrogens (tertiary/aromatic N) is 1. The molecule has 2 atom stereocenters. The maximum absolute atomic E-state index is 12.2. The molecular weight excluding hydrogens is 282 g/mol.